The Labute approximate surface area is 94.3 Å². The molecule has 1 amide bonds. The maximum Gasteiger partial charge on any atom is 0.336 e. The second-order valence-corrected chi connectivity index (χ2v) is 3.63. The SMILES string of the molecule is CCCC(=O)Nc1ccc(C)c(C(=O)O)c1. The van der Waals surface area contributed by atoms with E-state index in [0.717, 1.165) is 6.42 Å². The Morgan fingerprint density at radius 2 is 2.06 bits per heavy atom. The van der Waals surface area contributed by atoms with Crippen LogP contribution in [0.2, 0.25) is 0 Å². The molecule has 0 saturated heterocycles. The third-order valence-electron chi connectivity index (χ3n) is 2.23. The van der Waals surface area contributed by atoms with Gasteiger partial charge >= 0.3 is 5.97 Å². The van der Waals surface area contributed by atoms with Crippen LogP contribution in [0.1, 0.15) is 35.7 Å². The fraction of sp³-hybridized carbons (Fsp3) is 0.333. The highest BCUT2D eigenvalue weighted by Gasteiger charge is 2.08. The molecule has 4 heteroatoms. The average Bonchev–Trinajstić information content (AvgIpc) is 2.21. The van der Waals surface area contributed by atoms with Gasteiger partial charge in [0.25, 0.3) is 0 Å². The summed E-state index contributed by atoms with van der Waals surface area (Å²) in [6, 6.07) is 4.87. The molecule has 0 aliphatic rings. The number of hydrogen-bond acceptors (Lipinski definition) is 2. The highest BCUT2D eigenvalue weighted by Crippen LogP contribution is 2.15. The number of benzene rings is 1. The number of carbonyl (C=O) groups excluding carboxylic acids is 1. The van der Waals surface area contributed by atoms with E-state index in [9.17, 15) is 9.59 Å². The Bertz CT molecular complexity index is 413. The molecule has 0 aromatic heterocycles. The third-order valence-corrected chi connectivity index (χ3v) is 2.23. The molecular weight excluding hydrogens is 206 g/mol. The Kier molecular flexibility index (Phi) is 4.05. The maximum absolute atomic E-state index is 11.3. The van der Waals surface area contributed by atoms with Crippen molar-refractivity contribution < 1.29 is 14.7 Å². The number of hydrogen-bond donors (Lipinski definition) is 2. The minimum atomic E-state index is -0.982. The summed E-state index contributed by atoms with van der Waals surface area (Å²) in [6.07, 6.45) is 1.21. The van der Waals surface area contributed by atoms with Crippen LogP contribution in [0.4, 0.5) is 5.69 Å². The molecule has 0 bridgehead atoms. The van der Waals surface area contributed by atoms with Crippen LogP contribution in [0.5, 0.6) is 0 Å². The van der Waals surface area contributed by atoms with Gasteiger partial charge in [0.2, 0.25) is 5.91 Å². The van der Waals surface area contributed by atoms with E-state index in [1.807, 2.05) is 6.92 Å². The van der Waals surface area contributed by atoms with E-state index in [1.54, 1.807) is 19.1 Å². The van der Waals surface area contributed by atoms with Gasteiger partial charge in [-0.2, -0.15) is 0 Å². The van der Waals surface area contributed by atoms with Gasteiger partial charge in [0, 0.05) is 12.1 Å². The number of rotatable bonds is 4. The molecule has 1 aromatic rings. The second kappa shape index (κ2) is 5.30. The number of carbonyl (C=O) groups is 2. The predicted molar refractivity (Wildman–Crippen MR) is 61.7 cm³/mol. The lowest BCUT2D eigenvalue weighted by atomic mass is 10.1. The van der Waals surface area contributed by atoms with E-state index in [0.29, 0.717) is 17.7 Å². The first kappa shape index (κ1) is 12.2. The van der Waals surface area contributed by atoms with Crippen molar-refractivity contribution in [2.24, 2.45) is 0 Å². The van der Waals surface area contributed by atoms with Gasteiger partial charge in [-0.25, -0.2) is 4.79 Å². The van der Waals surface area contributed by atoms with Crippen molar-refractivity contribution in [1.82, 2.24) is 0 Å². The van der Waals surface area contributed by atoms with Gasteiger partial charge in [-0.3, -0.25) is 4.79 Å². The van der Waals surface area contributed by atoms with Crippen LogP contribution in [0.3, 0.4) is 0 Å². The quantitative estimate of drug-likeness (QED) is 0.820. The molecule has 0 spiro atoms. The van der Waals surface area contributed by atoms with Crippen LogP contribution in [0.25, 0.3) is 0 Å². The summed E-state index contributed by atoms with van der Waals surface area (Å²) < 4.78 is 0. The summed E-state index contributed by atoms with van der Waals surface area (Å²) in [7, 11) is 0. The molecule has 0 unspecified atom stereocenters. The van der Waals surface area contributed by atoms with Gasteiger partial charge in [0.15, 0.2) is 0 Å². The van der Waals surface area contributed by atoms with E-state index < -0.39 is 5.97 Å². The number of carboxylic acids is 1. The zero-order valence-corrected chi connectivity index (χ0v) is 9.41. The molecule has 0 atom stereocenters. The minimum absolute atomic E-state index is 0.0947. The molecule has 4 nitrogen and oxygen atoms in total. The van der Waals surface area contributed by atoms with Crippen molar-refractivity contribution >= 4 is 17.6 Å². The fourth-order valence-corrected chi connectivity index (χ4v) is 1.38. The zero-order valence-electron chi connectivity index (χ0n) is 9.41. The molecule has 0 aliphatic carbocycles. The van der Waals surface area contributed by atoms with Crippen LogP contribution in [0, 0.1) is 6.92 Å². The lowest BCUT2D eigenvalue weighted by Gasteiger charge is -2.07. The van der Waals surface area contributed by atoms with Crippen molar-refractivity contribution in [2.45, 2.75) is 26.7 Å². The van der Waals surface area contributed by atoms with Crippen LogP contribution in [-0.4, -0.2) is 17.0 Å². The van der Waals surface area contributed by atoms with E-state index in [4.69, 9.17) is 5.11 Å². The van der Waals surface area contributed by atoms with Crippen LogP contribution in [-0.2, 0) is 4.79 Å². The minimum Gasteiger partial charge on any atom is -0.478 e. The summed E-state index contributed by atoms with van der Waals surface area (Å²) in [6.45, 7) is 3.64. The van der Waals surface area contributed by atoms with Gasteiger partial charge in [-0.15, -0.1) is 0 Å². The molecule has 0 saturated carbocycles. The predicted octanol–water partition coefficient (Wildman–Crippen LogP) is 2.43. The van der Waals surface area contributed by atoms with Crippen molar-refractivity contribution in [2.75, 3.05) is 5.32 Å². The summed E-state index contributed by atoms with van der Waals surface area (Å²) in [5.41, 5.74) is 1.43. The van der Waals surface area contributed by atoms with E-state index in [1.165, 1.54) is 6.07 Å². The maximum atomic E-state index is 11.3. The van der Waals surface area contributed by atoms with Gasteiger partial charge < -0.3 is 10.4 Å². The highest BCUT2D eigenvalue weighted by atomic mass is 16.4. The van der Waals surface area contributed by atoms with Crippen LogP contribution >= 0.6 is 0 Å². The molecule has 0 fully saturated rings. The fourth-order valence-electron chi connectivity index (χ4n) is 1.38. The Balaban J connectivity index is 2.87. The monoisotopic (exact) mass is 221 g/mol. The van der Waals surface area contributed by atoms with E-state index in [-0.39, 0.29) is 11.5 Å². The van der Waals surface area contributed by atoms with Crippen LogP contribution in [0.15, 0.2) is 18.2 Å². The standard InChI is InChI=1S/C12H15NO3/c1-3-4-11(14)13-9-6-5-8(2)10(7-9)12(15)16/h5-7H,3-4H2,1-2H3,(H,13,14)(H,15,16). The Morgan fingerprint density at radius 1 is 1.38 bits per heavy atom. The number of carboxylic acid groups (broad SMARTS) is 1. The average molecular weight is 221 g/mol. The first-order chi connectivity index (χ1) is 7.54. The Morgan fingerprint density at radius 3 is 2.62 bits per heavy atom. The summed E-state index contributed by atoms with van der Waals surface area (Å²) in [4.78, 5) is 22.2. The second-order valence-electron chi connectivity index (χ2n) is 3.63. The number of aryl methyl sites for hydroxylation is 1. The number of amides is 1. The smallest absolute Gasteiger partial charge is 0.336 e. The molecular formula is C12H15NO3. The molecule has 0 aliphatic heterocycles. The van der Waals surface area contributed by atoms with E-state index >= 15 is 0 Å². The summed E-state index contributed by atoms with van der Waals surface area (Å²) in [5.74, 6) is -1.08. The molecule has 0 radical (unpaired) electrons. The van der Waals surface area contributed by atoms with Crippen molar-refractivity contribution in [1.29, 1.82) is 0 Å². The normalized spacial score (nSPS) is 9.88. The molecule has 86 valence electrons. The first-order valence-electron chi connectivity index (χ1n) is 5.18. The first-order valence-corrected chi connectivity index (χ1v) is 5.18. The molecule has 1 aromatic carbocycles. The number of anilines is 1. The van der Waals surface area contributed by atoms with Gasteiger partial charge in [0.1, 0.15) is 0 Å². The number of nitrogens with one attached hydrogen (secondary N) is 1. The third kappa shape index (κ3) is 3.08. The summed E-state index contributed by atoms with van der Waals surface area (Å²) >= 11 is 0. The summed E-state index contributed by atoms with van der Waals surface area (Å²) in [5, 5.41) is 11.6. The van der Waals surface area contributed by atoms with Gasteiger partial charge in [-0.1, -0.05) is 13.0 Å². The molecule has 2 N–H and O–H groups in total. The topological polar surface area (TPSA) is 66.4 Å². The lowest BCUT2D eigenvalue weighted by Crippen LogP contribution is -2.11. The van der Waals surface area contributed by atoms with Crippen molar-refractivity contribution in [3.8, 4) is 0 Å². The van der Waals surface area contributed by atoms with E-state index in [2.05, 4.69) is 5.32 Å². The Hall–Kier alpha value is -1.84. The van der Waals surface area contributed by atoms with Crippen LogP contribution < -0.4 is 5.32 Å². The molecule has 16 heavy (non-hydrogen) atoms. The highest BCUT2D eigenvalue weighted by molar-refractivity contribution is 5.94. The van der Waals surface area contributed by atoms with Crippen molar-refractivity contribution in [3.05, 3.63) is 29.3 Å². The zero-order chi connectivity index (χ0) is 12.1. The number of aromatic carboxylic acids is 1. The van der Waals surface area contributed by atoms with Gasteiger partial charge in [-0.05, 0) is 31.0 Å². The molecule has 0 heterocycles. The van der Waals surface area contributed by atoms with Crippen molar-refractivity contribution in [3.63, 3.8) is 0 Å². The lowest BCUT2D eigenvalue weighted by molar-refractivity contribution is -0.116. The molecule has 1 rings (SSSR count). The van der Waals surface area contributed by atoms with Gasteiger partial charge in [0.05, 0.1) is 5.56 Å². The largest absolute Gasteiger partial charge is 0.478 e.